The van der Waals surface area contributed by atoms with E-state index in [0.29, 0.717) is 10.9 Å². The van der Waals surface area contributed by atoms with Gasteiger partial charge < -0.3 is 10.2 Å². The third kappa shape index (κ3) is 3.46. The molecular weight excluding hydrogens is 248 g/mol. The number of nitrogens with zero attached hydrogens (tertiary/aromatic N) is 1. The van der Waals surface area contributed by atoms with Crippen molar-refractivity contribution in [3.63, 3.8) is 0 Å². The molecule has 1 aromatic carbocycles. The average molecular weight is 268 g/mol. The van der Waals surface area contributed by atoms with E-state index in [0.717, 1.165) is 25.2 Å². The molecule has 4 nitrogen and oxygen atoms in total. The number of rotatable bonds is 3. The zero-order chi connectivity index (χ0) is 13.2. The van der Waals surface area contributed by atoms with Crippen molar-refractivity contribution in [2.75, 3.05) is 31.7 Å². The molecule has 5 heteroatoms. The average Bonchev–Trinajstić information content (AvgIpc) is 2.28. The van der Waals surface area contributed by atoms with Crippen LogP contribution in [0.4, 0.5) is 5.69 Å². The van der Waals surface area contributed by atoms with Crippen LogP contribution in [0.5, 0.6) is 0 Å². The lowest BCUT2D eigenvalue weighted by Gasteiger charge is -2.30. The molecule has 18 heavy (non-hydrogen) atoms. The van der Waals surface area contributed by atoms with Crippen molar-refractivity contribution in [3.05, 3.63) is 24.3 Å². The summed E-state index contributed by atoms with van der Waals surface area (Å²) >= 11 is 0. The van der Waals surface area contributed by atoms with Crippen molar-refractivity contribution in [3.8, 4) is 0 Å². The summed E-state index contributed by atoms with van der Waals surface area (Å²) in [7, 11) is -1.02. The van der Waals surface area contributed by atoms with Gasteiger partial charge in [0.1, 0.15) is 0 Å². The number of nitrogens with one attached hydrogen (secondary N) is 1. The Balaban J connectivity index is 2.10. The summed E-state index contributed by atoms with van der Waals surface area (Å²) in [5, 5.41) is 3.42. The molecule has 1 fully saturated rings. The normalized spacial score (nSPS) is 21.8. The van der Waals surface area contributed by atoms with Crippen LogP contribution in [-0.4, -0.2) is 45.8 Å². The summed E-state index contributed by atoms with van der Waals surface area (Å²) in [5.74, 6) is 0. The number of benzene rings is 1. The number of hydrogen-bond donors (Lipinski definition) is 1. The van der Waals surface area contributed by atoms with Gasteiger partial charge in [0, 0.05) is 24.5 Å². The molecule has 0 spiro atoms. The molecule has 1 saturated heterocycles. The molecule has 1 N–H and O–H groups in total. The molecule has 100 valence electrons. The van der Waals surface area contributed by atoms with Crippen molar-refractivity contribution in [2.45, 2.75) is 23.8 Å². The molecule has 2 rings (SSSR count). The zero-order valence-electron chi connectivity index (χ0n) is 10.9. The number of hydrogen-bond acceptors (Lipinski definition) is 4. The van der Waals surface area contributed by atoms with E-state index in [1.54, 1.807) is 18.2 Å². The van der Waals surface area contributed by atoms with Crippen LogP contribution in [0.3, 0.4) is 0 Å². The summed E-state index contributed by atoms with van der Waals surface area (Å²) in [6, 6.07) is 7.45. The molecule has 0 aromatic heterocycles. The Morgan fingerprint density at radius 3 is 2.83 bits per heavy atom. The molecule has 1 aromatic rings. The summed E-state index contributed by atoms with van der Waals surface area (Å²) in [6.45, 7) is 2.14. The molecule has 1 atom stereocenters. The third-order valence-electron chi connectivity index (χ3n) is 3.26. The van der Waals surface area contributed by atoms with Crippen molar-refractivity contribution >= 4 is 15.5 Å². The molecule has 1 aliphatic rings. The van der Waals surface area contributed by atoms with E-state index in [9.17, 15) is 8.42 Å². The first-order valence-corrected chi connectivity index (χ1v) is 8.09. The maximum absolute atomic E-state index is 11.5. The van der Waals surface area contributed by atoms with Gasteiger partial charge in [0.25, 0.3) is 0 Å². The van der Waals surface area contributed by atoms with Crippen LogP contribution in [-0.2, 0) is 9.84 Å². The van der Waals surface area contributed by atoms with Crippen LogP contribution in [0, 0.1) is 0 Å². The van der Waals surface area contributed by atoms with E-state index in [1.807, 2.05) is 6.07 Å². The highest BCUT2D eigenvalue weighted by Crippen LogP contribution is 2.18. The van der Waals surface area contributed by atoms with E-state index in [4.69, 9.17) is 0 Å². The number of anilines is 1. The second-order valence-electron chi connectivity index (χ2n) is 5.05. The van der Waals surface area contributed by atoms with Gasteiger partial charge in [0.15, 0.2) is 9.84 Å². The SMILES string of the molecule is CN1CCCC(Nc2cccc(S(C)(=O)=O)c2)C1. The number of likely N-dealkylation sites (N-methyl/N-ethyl adjacent to an activating group) is 1. The van der Waals surface area contributed by atoms with E-state index < -0.39 is 9.84 Å². The molecule has 1 heterocycles. The lowest BCUT2D eigenvalue weighted by molar-refractivity contribution is 0.261. The second-order valence-corrected chi connectivity index (χ2v) is 7.06. The van der Waals surface area contributed by atoms with Crippen LogP contribution >= 0.6 is 0 Å². The van der Waals surface area contributed by atoms with Gasteiger partial charge in [0.05, 0.1) is 4.90 Å². The Labute approximate surface area is 109 Å². The highest BCUT2D eigenvalue weighted by molar-refractivity contribution is 7.90. The van der Waals surface area contributed by atoms with Gasteiger partial charge in [-0.15, -0.1) is 0 Å². The summed E-state index contributed by atoms with van der Waals surface area (Å²) in [4.78, 5) is 2.67. The number of piperidine rings is 1. The highest BCUT2D eigenvalue weighted by atomic mass is 32.2. The number of sulfone groups is 1. The van der Waals surface area contributed by atoms with Gasteiger partial charge in [-0.25, -0.2) is 8.42 Å². The Kier molecular flexibility index (Phi) is 3.92. The maximum atomic E-state index is 11.5. The van der Waals surface area contributed by atoms with Crippen LogP contribution in [0.2, 0.25) is 0 Å². The molecule has 0 radical (unpaired) electrons. The Bertz CT molecular complexity index is 513. The van der Waals surface area contributed by atoms with Gasteiger partial charge in [-0.05, 0) is 44.6 Å². The fourth-order valence-corrected chi connectivity index (χ4v) is 3.00. The van der Waals surface area contributed by atoms with E-state index in [2.05, 4.69) is 17.3 Å². The second kappa shape index (κ2) is 5.28. The largest absolute Gasteiger partial charge is 0.381 e. The standard InChI is InChI=1S/C13H20N2O2S/c1-15-8-4-6-12(10-15)14-11-5-3-7-13(9-11)18(2,16)17/h3,5,7,9,12,14H,4,6,8,10H2,1-2H3. The predicted molar refractivity (Wildman–Crippen MR) is 73.7 cm³/mol. The minimum absolute atomic E-state index is 0.372. The van der Waals surface area contributed by atoms with Crippen molar-refractivity contribution in [1.29, 1.82) is 0 Å². The van der Waals surface area contributed by atoms with E-state index in [1.165, 1.54) is 12.7 Å². The van der Waals surface area contributed by atoms with Gasteiger partial charge in [-0.3, -0.25) is 0 Å². The molecule has 1 unspecified atom stereocenters. The highest BCUT2D eigenvalue weighted by Gasteiger charge is 2.17. The quantitative estimate of drug-likeness (QED) is 0.904. The van der Waals surface area contributed by atoms with Crippen molar-refractivity contribution in [1.82, 2.24) is 4.90 Å². The van der Waals surface area contributed by atoms with Gasteiger partial charge in [0.2, 0.25) is 0 Å². The maximum Gasteiger partial charge on any atom is 0.175 e. The minimum Gasteiger partial charge on any atom is -0.381 e. The fraction of sp³-hybridized carbons (Fsp3) is 0.538. The van der Waals surface area contributed by atoms with Crippen LogP contribution in [0.25, 0.3) is 0 Å². The summed E-state index contributed by atoms with van der Waals surface area (Å²) in [6.07, 6.45) is 3.55. The zero-order valence-corrected chi connectivity index (χ0v) is 11.7. The lowest BCUT2D eigenvalue weighted by Crippen LogP contribution is -2.39. The lowest BCUT2D eigenvalue weighted by atomic mass is 10.1. The molecular formula is C13H20N2O2S. The van der Waals surface area contributed by atoms with E-state index in [-0.39, 0.29) is 0 Å². The molecule has 0 amide bonds. The summed E-state index contributed by atoms with van der Waals surface area (Å²) in [5.41, 5.74) is 0.887. The first-order valence-electron chi connectivity index (χ1n) is 6.20. The molecule has 0 saturated carbocycles. The first-order chi connectivity index (χ1) is 8.45. The van der Waals surface area contributed by atoms with Crippen molar-refractivity contribution < 1.29 is 8.42 Å². The molecule has 1 aliphatic heterocycles. The first kappa shape index (κ1) is 13.4. The fourth-order valence-electron chi connectivity index (χ4n) is 2.34. The molecule has 0 aliphatic carbocycles. The third-order valence-corrected chi connectivity index (χ3v) is 4.37. The molecule has 0 bridgehead atoms. The Morgan fingerprint density at radius 1 is 1.39 bits per heavy atom. The monoisotopic (exact) mass is 268 g/mol. The van der Waals surface area contributed by atoms with Crippen LogP contribution in [0.15, 0.2) is 29.2 Å². The van der Waals surface area contributed by atoms with Crippen molar-refractivity contribution in [2.24, 2.45) is 0 Å². The minimum atomic E-state index is -3.13. The van der Waals surface area contributed by atoms with Gasteiger partial charge >= 0.3 is 0 Å². The Hall–Kier alpha value is -1.07. The predicted octanol–water partition coefficient (Wildman–Crippen LogP) is 1.60. The van der Waals surface area contributed by atoms with Gasteiger partial charge in [-0.2, -0.15) is 0 Å². The number of likely N-dealkylation sites (tertiary alicyclic amines) is 1. The topological polar surface area (TPSA) is 49.4 Å². The van der Waals surface area contributed by atoms with Gasteiger partial charge in [-0.1, -0.05) is 6.07 Å². The van der Waals surface area contributed by atoms with E-state index >= 15 is 0 Å². The van der Waals surface area contributed by atoms with Crippen LogP contribution in [0.1, 0.15) is 12.8 Å². The van der Waals surface area contributed by atoms with Crippen LogP contribution < -0.4 is 5.32 Å². The summed E-state index contributed by atoms with van der Waals surface area (Å²) < 4.78 is 23.0. The Morgan fingerprint density at radius 2 is 2.17 bits per heavy atom. The smallest absolute Gasteiger partial charge is 0.175 e.